The van der Waals surface area contributed by atoms with Crippen molar-refractivity contribution < 1.29 is 32.2 Å². The number of sulfonamides is 1. The highest BCUT2D eigenvalue weighted by molar-refractivity contribution is 7.92. The van der Waals surface area contributed by atoms with Crippen LogP contribution in [-0.2, 0) is 24.3 Å². The fourth-order valence-corrected chi connectivity index (χ4v) is 3.52. The molecule has 0 aliphatic rings. The van der Waals surface area contributed by atoms with Crippen LogP contribution in [0, 0.1) is 0 Å². The number of nitrogens with zero attached hydrogens (tertiary/aromatic N) is 2. The molecular formula is C23H29N3O7S. The summed E-state index contributed by atoms with van der Waals surface area (Å²) in [5.41, 5.74) is 2.67. The molecule has 0 bridgehead atoms. The first-order chi connectivity index (χ1) is 15.9. The number of benzene rings is 2. The minimum absolute atomic E-state index is 0.217. The molecule has 2 aromatic carbocycles. The zero-order valence-corrected chi connectivity index (χ0v) is 20.6. The van der Waals surface area contributed by atoms with Crippen molar-refractivity contribution in [1.29, 1.82) is 0 Å². The average Bonchev–Trinajstić information content (AvgIpc) is 2.75. The predicted molar refractivity (Wildman–Crippen MR) is 129 cm³/mol. The van der Waals surface area contributed by atoms with Crippen molar-refractivity contribution in [3.05, 3.63) is 54.1 Å². The Bertz CT molecular complexity index is 1120. The fraction of sp³-hybridized carbons (Fsp3) is 0.348. The van der Waals surface area contributed by atoms with Gasteiger partial charge in [0.2, 0.25) is 10.0 Å². The van der Waals surface area contributed by atoms with Gasteiger partial charge in [0.15, 0.2) is 6.61 Å². The number of hydrazone groups is 1. The van der Waals surface area contributed by atoms with Gasteiger partial charge in [0.05, 0.1) is 25.3 Å². The second-order valence-corrected chi connectivity index (χ2v) is 10.1. The molecule has 1 N–H and O–H groups in total. The number of hydrogen-bond acceptors (Lipinski definition) is 8. The quantitative estimate of drug-likeness (QED) is 0.307. The Labute approximate surface area is 199 Å². The van der Waals surface area contributed by atoms with Gasteiger partial charge in [-0.1, -0.05) is 6.07 Å². The molecular weight excluding hydrogens is 462 g/mol. The Hall–Kier alpha value is -3.60. The Kier molecular flexibility index (Phi) is 9.02. The first-order valence-electron chi connectivity index (χ1n) is 10.3. The second kappa shape index (κ2) is 11.5. The van der Waals surface area contributed by atoms with E-state index in [9.17, 15) is 18.0 Å². The molecule has 0 aliphatic carbocycles. The van der Waals surface area contributed by atoms with Crippen LogP contribution in [0.3, 0.4) is 0 Å². The van der Waals surface area contributed by atoms with Gasteiger partial charge in [-0.15, -0.1) is 0 Å². The van der Waals surface area contributed by atoms with Crippen LogP contribution < -0.4 is 19.2 Å². The van der Waals surface area contributed by atoms with E-state index in [2.05, 4.69) is 10.5 Å². The summed E-state index contributed by atoms with van der Waals surface area (Å²) in [6, 6.07) is 13.0. The van der Waals surface area contributed by atoms with E-state index < -0.39 is 34.0 Å². The normalized spacial score (nSPS) is 11.7. The van der Waals surface area contributed by atoms with E-state index in [0.29, 0.717) is 22.7 Å². The summed E-state index contributed by atoms with van der Waals surface area (Å²) >= 11 is 0. The van der Waals surface area contributed by atoms with Crippen molar-refractivity contribution in [3.63, 3.8) is 0 Å². The lowest BCUT2D eigenvalue weighted by Crippen LogP contribution is -2.39. The molecule has 0 atom stereocenters. The maximum absolute atomic E-state index is 12.3. The summed E-state index contributed by atoms with van der Waals surface area (Å²) in [4.78, 5) is 24.0. The van der Waals surface area contributed by atoms with Crippen LogP contribution >= 0.6 is 0 Å². The molecule has 2 aromatic rings. The van der Waals surface area contributed by atoms with E-state index >= 15 is 0 Å². The third kappa shape index (κ3) is 9.10. The standard InChI is InChI=1S/C23H29N3O7S/c1-23(2,3)33-22(28)16-32-19-11-9-17(10-12-19)14-24-25-21(27)15-26(34(5,29)30)18-7-6-8-20(13-18)31-4/h6-14H,15-16H2,1-5H3,(H,25,27)/b24-14-. The van der Waals surface area contributed by atoms with Crippen LogP contribution in [0.2, 0.25) is 0 Å². The maximum atomic E-state index is 12.3. The van der Waals surface area contributed by atoms with E-state index in [0.717, 1.165) is 10.6 Å². The predicted octanol–water partition coefficient (Wildman–Crippen LogP) is 2.33. The topological polar surface area (TPSA) is 124 Å². The molecule has 0 spiro atoms. The number of methoxy groups -OCH3 is 1. The number of amides is 1. The van der Waals surface area contributed by atoms with E-state index in [1.807, 2.05) is 0 Å². The van der Waals surface area contributed by atoms with E-state index in [1.54, 1.807) is 63.2 Å². The van der Waals surface area contributed by atoms with Crippen molar-refractivity contribution in [1.82, 2.24) is 5.43 Å². The van der Waals surface area contributed by atoms with Gasteiger partial charge in [-0.25, -0.2) is 18.6 Å². The number of nitrogens with one attached hydrogen (secondary N) is 1. The number of carbonyl (C=O) groups is 2. The lowest BCUT2D eigenvalue weighted by molar-refractivity contribution is -0.157. The maximum Gasteiger partial charge on any atom is 0.344 e. The van der Waals surface area contributed by atoms with Crippen LogP contribution in [0.1, 0.15) is 26.3 Å². The van der Waals surface area contributed by atoms with Crippen molar-refractivity contribution >= 4 is 33.8 Å². The molecule has 0 saturated carbocycles. The van der Waals surface area contributed by atoms with Crippen LogP contribution in [0.4, 0.5) is 5.69 Å². The van der Waals surface area contributed by atoms with Crippen molar-refractivity contribution in [2.75, 3.05) is 30.8 Å². The molecule has 0 radical (unpaired) electrons. The van der Waals surface area contributed by atoms with Gasteiger partial charge >= 0.3 is 5.97 Å². The lowest BCUT2D eigenvalue weighted by Gasteiger charge is -2.21. The minimum atomic E-state index is -3.72. The van der Waals surface area contributed by atoms with Gasteiger partial charge in [0.1, 0.15) is 23.6 Å². The van der Waals surface area contributed by atoms with Crippen LogP contribution in [0.25, 0.3) is 0 Å². The van der Waals surface area contributed by atoms with Gasteiger partial charge in [-0.3, -0.25) is 9.10 Å². The number of ether oxygens (including phenoxy) is 3. The van der Waals surface area contributed by atoms with E-state index in [4.69, 9.17) is 14.2 Å². The van der Waals surface area contributed by atoms with Crippen LogP contribution in [-0.4, -0.2) is 58.6 Å². The Balaban J connectivity index is 1.92. The summed E-state index contributed by atoms with van der Waals surface area (Å²) in [5, 5.41) is 3.86. The second-order valence-electron chi connectivity index (χ2n) is 8.21. The van der Waals surface area contributed by atoms with Gasteiger partial charge in [0.25, 0.3) is 5.91 Å². The monoisotopic (exact) mass is 491 g/mol. The van der Waals surface area contributed by atoms with Crippen LogP contribution in [0.15, 0.2) is 53.6 Å². The summed E-state index contributed by atoms with van der Waals surface area (Å²) < 4.78 is 41.0. The third-order valence-corrected chi connectivity index (χ3v) is 5.23. The first kappa shape index (κ1) is 26.7. The number of hydrogen-bond donors (Lipinski definition) is 1. The summed E-state index contributed by atoms with van der Waals surface area (Å²) in [7, 11) is -2.26. The first-order valence-corrected chi connectivity index (χ1v) is 12.1. The summed E-state index contributed by atoms with van der Waals surface area (Å²) in [6.07, 6.45) is 2.40. The Morgan fingerprint density at radius 2 is 1.76 bits per heavy atom. The lowest BCUT2D eigenvalue weighted by atomic mass is 10.2. The number of carbonyl (C=O) groups excluding carboxylic acids is 2. The molecule has 0 heterocycles. The number of anilines is 1. The zero-order chi connectivity index (χ0) is 25.4. The number of rotatable bonds is 10. The summed E-state index contributed by atoms with van der Waals surface area (Å²) in [6.45, 7) is 4.64. The Morgan fingerprint density at radius 3 is 2.35 bits per heavy atom. The smallest absolute Gasteiger partial charge is 0.344 e. The molecule has 11 heteroatoms. The fourth-order valence-electron chi connectivity index (χ4n) is 2.67. The molecule has 2 rings (SSSR count). The molecule has 10 nitrogen and oxygen atoms in total. The molecule has 0 aromatic heterocycles. The van der Waals surface area contributed by atoms with Gasteiger partial charge in [-0.05, 0) is 62.7 Å². The van der Waals surface area contributed by atoms with Crippen LogP contribution in [0.5, 0.6) is 11.5 Å². The molecule has 0 saturated heterocycles. The van der Waals surface area contributed by atoms with Gasteiger partial charge in [-0.2, -0.15) is 5.10 Å². The SMILES string of the molecule is COc1cccc(N(CC(=O)N/N=C\c2ccc(OCC(=O)OC(C)(C)C)cc2)S(C)(=O)=O)c1. The molecule has 184 valence electrons. The molecule has 1 amide bonds. The number of esters is 1. The van der Waals surface area contributed by atoms with Gasteiger partial charge < -0.3 is 14.2 Å². The van der Waals surface area contributed by atoms with E-state index in [1.165, 1.54) is 19.4 Å². The average molecular weight is 492 g/mol. The molecule has 0 aliphatic heterocycles. The Morgan fingerprint density at radius 1 is 1.09 bits per heavy atom. The molecule has 0 fully saturated rings. The highest BCUT2D eigenvalue weighted by atomic mass is 32.2. The highest BCUT2D eigenvalue weighted by Crippen LogP contribution is 2.22. The molecule has 34 heavy (non-hydrogen) atoms. The zero-order valence-electron chi connectivity index (χ0n) is 19.8. The third-order valence-electron chi connectivity index (χ3n) is 4.09. The molecule has 0 unspecified atom stereocenters. The van der Waals surface area contributed by atoms with E-state index in [-0.39, 0.29) is 6.61 Å². The van der Waals surface area contributed by atoms with Crippen molar-refractivity contribution in [2.45, 2.75) is 26.4 Å². The largest absolute Gasteiger partial charge is 0.497 e. The minimum Gasteiger partial charge on any atom is -0.497 e. The van der Waals surface area contributed by atoms with Crippen molar-refractivity contribution in [3.8, 4) is 11.5 Å². The highest BCUT2D eigenvalue weighted by Gasteiger charge is 2.21. The summed E-state index contributed by atoms with van der Waals surface area (Å²) in [5.74, 6) is -0.169. The van der Waals surface area contributed by atoms with Gasteiger partial charge in [0, 0.05) is 6.07 Å². The van der Waals surface area contributed by atoms with Crippen molar-refractivity contribution in [2.24, 2.45) is 5.10 Å².